The summed E-state index contributed by atoms with van der Waals surface area (Å²) < 4.78 is 0. The topological polar surface area (TPSA) is 15.3 Å². The van der Waals surface area contributed by atoms with Crippen LogP contribution in [0.15, 0.2) is 0 Å². The summed E-state index contributed by atoms with van der Waals surface area (Å²) in [4.78, 5) is 2.87. The van der Waals surface area contributed by atoms with Gasteiger partial charge in [-0.2, -0.15) is 0 Å². The molecule has 19 heavy (non-hydrogen) atoms. The van der Waals surface area contributed by atoms with Crippen molar-refractivity contribution in [1.29, 1.82) is 0 Å². The smallest absolute Gasteiger partial charge is 0.0329 e. The van der Waals surface area contributed by atoms with Crippen LogP contribution in [0.2, 0.25) is 0 Å². The van der Waals surface area contributed by atoms with Crippen LogP contribution in [0.3, 0.4) is 0 Å². The lowest BCUT2D eigenvalue weighted by atomic mass is 9.84. The highest BCUT2D eigenvalue weighted by molar-refractivity contribution is 4.99. The van der Waals surface area contributed by atoms with Gasteiger partial charge in [-0.05, 0) is 37.5 Å². The van der Waals surface area contributed by atoms with Crippen LogP contribution in [0.5, 0.6) is 0 Å². The minimum atomic E-state index is 0.425. The molecule has 1 unspecified atom stereocenters. The molecule has 0 aromatic carbocycles. The van der Waals surface area contributed by atoms with Crippen LogP contribution in [0.25, 0.3) is 0 Å². The summed E-state index contributed by atoms with van der Waals surface area (Å²) in [6.07, 6.45) is 8.45. The number of rotatable bonds is 5. The first kappa shape index (κ1) is 15.3. The van der Waals surface area contributed by atoms with Crippen molar-refractivity contribution in [2.45, 2.75) is 77.8 Å². The number of hydrogen-bond acceptors (Lipinski definition) is 2. The SMILES string of the molecule is CCC1(CC)CNC(C(C)C)CN1CC1CCCC1. The molecular formula is C17H34N2. The normalized spacial score (nSPS) is 29.2. The Morgan fingerprint density at radius 2 is 1.79 bits per heavy atom. The van der Waals surface area contributed by atoms with E-state index in [0.717, 1.165) is 11.8 Å². The van der Waals surface area contributed by atoms with E-state index in [2.05, 4.69) is 37.9 Å². The number of piperazine rings is 1. The van der Waals surface area contributed by atoms with Crippen LogP contribution in [-0.4, -0.2) is 36.1 Å². The van der Waals surface area contributed by atoms with E-state index in [0.29, 0.717) is 11.6 Å². The largest absolute Gasteiger partial charge is 0.311 e. The first-order valence-electron chi connectivity index (χ1n) is 8.59. The molecule has 2 heteroatoms. The predicted molar refractivity (Wildman–Crippen MR) is 83.5 cm³/mol. The molecule has 0 aromatic rings. The summed E-state index contributed by atoms with van der Waals surface area (Å²) in [6.45, 7) is 13.3. The zero-order valence-electron chi connectivity index (χ0n) is 13.5. The third-order valence-corrected chi connectivity index (χ3v) is 5.86. The highest BCUT2D eigenvalue weighted by Gasteiger charge is 2.40. The molecule has 2 fully saturated rings. The molecule has 0 radical (unpaired) electrons. The second-order valence-electron chi connectivity index (χ2n) is 7.22. The molecular weight excluding hydrogens is 232 g/mol. The van der Waals surface area contributed by atoms with E-state index in [1.807, 2.05) is 0 Å². The maximum Gasteiger partial charge on any atom is 0.0329 e. The van der Waals surface area contributed by atoms with Crippen molar-refractivity contribution in [2.24, 2.45) is 11.8 Å². The van der Waals surface area contributed by atoms with Crippen molar-refractivity contribution < 1.29 is 0 Å². The monoisotopic (exact) mass is 266 g/mol. The summed E-state index contributed by atoms with van der Waals surface area (Å²) in [5, 5.41) is 3.82. The minimum Gasteiger partial charge on any atom is -0.311 e. The Hall–Kier alpha value is -0.0800. The molecule has 0 spiro atoms. The number of nitrogens with zero attached hydrogens (tertiary/aromatic N) is 1. The van der Waals surface area contributed by atoms with E-state index in [9.17, 15) is 0 Å². The quantitative estimate of drug-likeness (QED) is 0.817. The van der Waals surface area contributed by atoms with Gasteiger partial charge < -0.3 is 5.32 Å². The van der Waals surface area contributed by atoms with Crippen LogP contribution in [0, 0.1) is 11.8 Å². The van der Waals surface area contributed by atoms with Gasteiger partial charge in [-0.3, -0.25) is 4.90 Å². The van der Waals surface area contributed by atoms with E-state index in [1.165, 1.54) is 58.2 Å². The molecule has 1 saturated heterocycles. The van der Waals surface area contributed by atoms with Gasteiger partial charge in [0, 0.05) is 31.2 Å². The molecule has 1 aliphatic heterocycles. The molecule has 1 aliphatic carbocycles. The van der Waals surface area contributed by atoms with E-state index < -0.39 is 0 Å². The average molecular weight is 266 g/mol. The Labute approximate surface area is 120 Å². The van der Waals surface area contributed by atoms with Gasteiger partial charge in [-0.25, -0.2) is 0 Å². The number of nitrogens with one attached hydrogen (secondary N) is 1. The average Bonchev–Trinajstić information content (AvgIpc) is 2.92. The molecule has 2 rings (SSSR count). The van der Waals surface area contributed by atoms with Crippen molar-refractivity contribution in [1.82, 2.24) is 10.2 Å². The maximum absolute atomic E-state index is 3.82. The summed E-state index contributed by atoms with van der Waals surface area (Å²) in [7, 11) is 0. The minimum absolute atomic E-state index is 0.425. The van der Waals surface area contributed by atoms with Gasteiger partial charge >= 0.3 is 0 Å². The van der Waals surface area contributed by atoms with Crippen molar-refractivity contribution in [3.05, 3.63) is 0 Å². The third-order valence-electron chi connectivity index (χ3n) is 5.86. The van der Waals surface area contributed by atoms with Crippen LogP contribution in [0.1, 0.15) is 66.2 Å². The van der Waals surface area contributed by atoms with Crippen LogP contribution in [0.4, 0.5) is 0 Å². The first-order valence-corrected chi connectivity index (χ1v) is 8.59. The predicted octanol–water partition coefficient (Wildman–Crippen LogP) is 3.67. The van der Waals surface area contributed by atoms with E-state index >= 15 is 0 Å². The molecule has 0 aromatic heterocycles. The van der Waals surface area contributed by atoms with Gasteiger partial charge in [0.25, 0.3) is 0 Å². The Balaban J connectivity index is 2.05. The number of hydrogen-bond donors (Lipinski definition) is 1. The molecule has 2 nitrogen and oxygen atoms in total. The molecule has 1 atom stereocenters. The Bertz CT molecular complexity index is 262. The van der Waals surface area contributed by atoms with Gasteiger partial charge in [0.2, 0.25) is 0 Å². The fraction of sp³-hybridized carbons (Fsp3) is 1.00. The molecule has 1 N–H and O–H groups in total. The fourth-order valence-electron chi connectivity index (χ4n) is 4.10. The molecule has 1 heterocycles. The summed E-state index contributed by atoms with van der Waals surface area (Å²) in [5.41, 5.74) is 0.425. The fourth-order valence-corrected chi connectivity index (χ4v) is 4.10. The molecule has 0 amide bonds. The van der Waals surface area contributed by atoms with Crippen molar-refractivity contribution in [3.63, 3.8) is 0 Å². The molecule has 0 bridgehead atoms. The second-order valence-corrected chi connectivity index (χ2v) is 7.22. The highest BCUT2D eigenvalue weighted by Crippen LogP contribution is 2.33. The Morgan fingerprint density at radius 3 is 2.32 bits per heavy atom. The first-order chi connectivity index (χ1) is 9.11. The Morgan fingerprint density at radius 1 is 1.16 bits per heavy atom. The summed E-state index contributed by atoms with van der Waals surface area (Å²) in [6, 6.07) is 0.688. The van der Waals surface area contributed by atoms with Crippen molar-refractivity contribution in [3.8, 4) is 0 Å². The van der Waals surface area contributed by atoms with Crippen molar-refractivity contribution >= 4 is 0 Å². The summed E-state index contributed by atoms with van der Waals surface area (Å²) >= 11 is 0. The van der Waals surface area contributed by atoms with E-state index in [-0.39, 0.29) is 0 Å². The van der Waals surface area contributed by atoms with Gasteiger partial charge in [-0.1, -0.05) is 40.5 Å². The van der Waals surface area contributed by atoms with Crippen molar-refractivity contribution in [2.75, 3.05) is 19.6 Å². The van der Waals surface area contributed by atoms with Gasteiger partial charge in [0.05, 0.1) is 0 Å². The zero-order chi connectivity index (χ0) is 13.9. The highest BCUT2D eigenvalue weighted by atomic mass is 15.3. The van der Waals surface area contributed by atoms with Gasteiger partial charge in [-0.15, -0.1) is 0 Å². The van der Waals surface area contributed by atoms with E-state index in [4.69, 9.17) is 0 Å². The molecule has 1 saturated carbocycles. The molecule has 2 aliphatic rings. The van der Waals surface area contributed by atoms with Gasteiger partial charge in [0.1, 0.15) is 0 Å². The van der Waals surface area contributed by atoms with Crippen LogP contribution >= 0.6 is 0 Å². The standard InChI is InChI=1S/C17H34N2/c1-5-17(6-2)13-18-16(14(3)4)12-19(17)11-15-9-7-8-10-15/h14-16,18H,5-13H2,1-4H3. The zero-order valence-corrected chi connectivity index (χ0v) is 13.5. The van der Waals surface area contributed by atoms with Gasteiger partial charge in [0.15, 0.2) is 0 Å². The lowest BCUT2D eigenvalue weighted by Crippen LogP contribution is -2.65. The lowest BCUT2D eigenvalue weighted by Gasteiger charge is -2.51. The third kappa shape index (κ3) is 3.33. The Kier molecular flexibility index (Phi) is 5.30. The van der Waals surface area contributed by atoms with Crippen LogP contribution in [-0.2, 0) is 0 Å². The van der Waals surface area contributed by atoms with Crippen LogP contribution < -0.4 is 5.32 Å². The second kappa shape index (κ2) is 6.58. The molecule has 112 valence electrons. The maximum atomic E-state index is 3.82. The van der Waals surface area contributed by atoms with E-state index in [1.54, 1.807) is 0 Å². The summed E-state index contributed by atoms with van der Waals surface area (Å²) in [5.74, 6) is 1.72. The lowest BCUT2D eigenvalue weighted by molar-refractivity contribution is 0.0109.